The van der Waals surface area contributed by atoms with Crippen molar-refractivity contribution in [2.24, 2.45) is 28.1 Å². The number of nitrogens with one attached hydrogen (secondary N) is 10. The molecule has 106 heavy (non-hydrogen) atoms. The average Bonchev–Trinajstić information content (AvgIpc) is 1.51. The molecule has 0 bridgehead atoms. The molecular formula is C79H102FN15O10S. The van der Waals surface area contributed by atoms with Gasteiger partial charge in [0.15, 0.2) is 11.7 Å². The first-order valence-electron chi connectivity index (χ1n) is 37.0. The number of likely N-dealkylation sites (N-methyl/N-ethyl adjacent to an activating group) is 1. The number of fused-ring (bicyclic) bond motifs is 3. The van der Waals surface area contributed by atoms with Crippen LogP contribution < -0.4 is 59.7 Å². The summed E-state index contributed by atoms with van der Waals surface area (Å²) in [6, 6.07) is 26.4. The number of hydrogen-bond acceptors (Lipinski definition) is 14. The van der Waals surface area contributed by atoms with E-state index in [1.165, 1.54) is 47.7 Å². The first-order valence-corrected chi connectivity index (χ1v) is 38.5. The minimum atomic E-state index is -1.68. The van der Waals surface area contributed by atoms with Gasteiger partial charge in [-0.2, -0.15) is 0 Å². The van der Waals surface area contributed by atoms with Crippen molar-refractivity contribution in [3.05, 3.63) is 179 Å². The van der Waals surface area contributed by atoms with Crippen LogP contribution in [0.3, 0.4) is 0 Å². The number of nitrogens with two attached hydrogens (primary N) is 3. The Morgan fingerprint density at radius 2 is 1.19 bits per heavy atom. The van der Waals surface area contributed by atoms with Gasteiger partial charge in [-0.15, -0.1) is 0 Å². The van der Waals surface area contributed by atoms with Crippen LogP contribution in [0, 0.1) is 11.7 Å². The van der Waals surface area contributed by atoms with E-state index < -0.39 is 118 Å². The van der Waals surface area contributed by atoms with E-state index in [2.05, 4.69) is 93.8 Å². The molecule has 0 saturated carbocycles. The molecule has 17 N–H and O–H groups in total. The summed E-state index contributed by atoms with van der Waals surface area (Å²) in [7, 11) is 0.817. The van der Waals surface area contributed by atoms with Crippen LogP contribution in [0.5, 0.6) is 0 Å². The number of aliphatic hydroxyl groups excluding tert-OH is 1. The number of rotatable bonds is 23. The van der Waals surface area contributed by atoms with Gasteiger partial charge in [-0.05, 0) is 148 Å². The highest BCUT2D eigenvalue weighted by molar-refractivity contribution is 7.85. The number of aliphatic hydroxyl groups is 1. The summed E-state index contributed by atoms with van der Waals surface area (Å²) in [5.74, 6) is -5.60. The maximum Gasteiger partial charge on any atom is 0.245 e. The van der Waals surface area contributed by atoms with Crippen LogP contribution in [-0.2, 0) is 81.3 Å². The highest BCUT2D eigenvalue weighted by atomic mass is 32.2. The summed E-state index contributed by atoms with van der Waals surface area (Å²) < 4.78 is 28.6. The molecule has 3 aliphatic rings. The molecule has 2 saturated heterocycles. The number of aromatic nitrogens is 2. The predicted molar refractivity (Wildman–Crippen MR) is 407 cm³/mol. The Morgan fingerprint density at radius 1 is 0.623 bits per heavy atom. The third-order valence-electron chi connectivity index (χ3n) is 20.5. The van der Waals surface area contributed by atoms with Crippen molar-refractivity contribution in [2.75, 3.05) is 44.7 Å². The minimum Gasteiger partial charge on any atom is -0.391 e. The number of halogens is 1. The van der Waals surface area contributed by atoms with Gasteiger partial charge in [0.1, 0.15) is 42.1 Å². The third kappa shape index (κ3) is 22.0. The Labute approximate surface area is 620 Å². The van der Waals surface area contributed by atoms with Gasteiger partial charge >= 0.3 is 0 Å². The maximum absolute atomic E-state index is 15.4. The van der Waals surface area contributed by atoms with Crippen LogP contribution in [0.2, 0.25) is 0 Å². The van der Waals surface area contributed by atoms with Crippen molar-refractivity contribution in [1.29, 1.82) is 0 Å². The van der Waals surface area contributed by atoms with Crippen molar-refractivity contribution >= 4 is 85.7 Å². The molecular weight excluding hydrogens is 1370 g/mol. The molecule has 0 spiro atoms. The molecule has 1 aliphatic carbocycles. The fourth-order valence-electron chi connectivity index (χ4n) is 15.0. The average molecular weight is 1470 g/mol. The fraction of sp³-hybridized carbons (Fsp3) is 0.456. The number of Topliss-reactive ketones (excluding diaryl/α,β-unsaturated/α-hetero) is 1. The Morgan fingerprint density at radius 3 is 1.85 bits per heavy atom. The SMILES string of the molecule is C[C@@H](O)[C@@H]1NC(=O)[C@H](CCCCN)NC(=O)[C@@H](Cc2c[nH]c3ccccc23)NC(=O)[C@H](Cc2ccccc2)NC(=O)[C@H](Cc2ccccc2)NC(=O)[C@H](CCCN=C(N)N)NC(=O)[C@H](NCCS(=O)C[C@@H]2C[C@@H]3c4cccc5[nH]cc(c45)C[C@H]3N(C)C2)CCCCCC(=O)[C@H](Cc2ccc(F)cc2)NC1=O. The van der Waals surface area contributed by atoms with Crippen LogP contribution in [0.15, 0.2) is 145 Å². The largest absolute Gasteiger partial charge is 0.391 e. The summed E-state index contributed by atoms with van der Waals surface area (Å²) in [4.78, 5) is 133. The van der Waals surface area contributed by atoms with Crippen molar-refractivity contribution < 1.29 is 52.1 Å². The molecule has 2 fully saturated rings. The van der Waals surface area contributed by atoms with Gasteiger partial charge in [-0.25, -0.2) is 4.39 Å². The van der Waals surface area contributed by atoms with Crippen LogP contribution >= 0.6 is 0 Å². The molecule has 27 heteroatoms. The van der Waals surface area contributed by atoms with Gasteiger partial charge in [0.2, 0.25) is 41.4 Å². The normalized spacial score (nSPS) is 24.4. The molecule has 1 unspecified atom stereocenters. The lowest BCUT2D eigenvalue weighted by Crippen LogP contribution is -2.61. The summed E-state index contributed by atoms with van der Waals surface area (Å²) >= 11 is 0. The van der Waals surface area contributed by atoms with Gasteiger partial charge in [-0.1, -0.05) is 116 Å². The minimum absolute atomic E-state index is 0.00409. The second-order valence-electron chi connectivity index (χ2n) is 28.5. The number of guanidine groups is 1. The van der Waals surface area contributed by atoms with Gasteiger partial charge in [0.25, 0.3) is 0 Å². The highest BCUT2D eigenvalue weighted by Gasteiger charge is 2.41. The Bertz CT molecular complexity index is 4190. The van der Waals surface area contributed by atoms with Gasteiger partial charge in [0, 0.05) is 114 Å². The van der Waals surface area contributed by atoms with Crippen molar-refractivity contribution in [1.82, 2.24) is 57.4 Å². The topological polar surface area (TPSA) is 395 Å². The van der Waals surface area contributed by atoms with E-state index in [-0.39, 0.29) is 107 Å². The molecule has 566 valence electrons. The van der Waals surface area contributed by atoms with E-state index in [4.69, 9.17) is 17.2 Å². The number of unbranched alkanes of at least 4 members (excludes halogenated alkanes) is 1. The van der Waals surface area contributed by atoms with Crippen LogP contribution in [0.1, 0.15) is 117 Å². The van der Waals surface area contributed by atoms with Gasteiger partial charge < -0.3 is 79.7 Å². The van der Waals surface area contributed by atoms with Crippen molar-refractivity contribution in [3.8, 4) is 0 Å². The Hall–Kier alpha value is -9.67. The van der Waals surface area contributed by atoms with E-state index >= 15 is 24.0 Å². The Kier molecular flexibility index (Phi) is 28.7. The quantitative estimate of drug-likeness (QED) is 0.0245. The fourth-order valence-corrected chi connectivity index (χ4v) is 16.2. The first kappa shape index (κ1) is 78.9. The number of aromatic amines is 2. The lowest BCUT2D eigenvalue weighted by Gasteiger charge is -2.45. The molecule has 4 heterocycles. The number of piperidine rings is 1. The Balaban J connectivity index is 0.966. The second-order valence-corrected chi connectivity index (χ2v) is 30.1. The lowest BCUT2D eigenvalue weighted by molar-refractivity contribution is -0.136. The number of nitrogens with zero attached hydrogens (tertiary/aromatic N) is 2. The smallest absolute Gasteiger partial charge is 0.245 e. The molecule has 2 aliphatic heterocycles. The number of hydrogen-bond donors (Lipinski definition) is 14. The summed E-state index contributed by atoms with van der Waals surface area (Å²) in [5, 5.41) is 36.6. The van der Waals surface area contributed by atoms with Crippen molar-refractivity contribution in [3.63, 3.8) is 0 Å². The van der Waals surface area contributed by atoms with E-state index in [9.17, 15) is 28.1 Å². The molecule has 10 rings (SSSR count). The summed E-state index contributed by atoms with van der Waals surface area (Å²) in [6.07, 6.45) is 5.72. The van der Waals surface area contributed by atoms with E-state index in [0.717, 1.165) is 35.8 Å². The number of H-pyrrole nitrogens is 2. The zero-order chi connectivity index (χ0) is 75.2. The molecule has 13 atom stereocenters. The number of para-hydroxylation sites is 1. The molecule has 0 radical (unpaired) electrons. The number of likely N-dealkylation sites (tertiary alicyclic amines) is 1. The van der Waals surface area contributed by atoms with Crippen molar-refractivity contribution in [2.45, 2.75) is 176 Å². The number of aliphatic imine (C=N–C) groups is 1. The monoisotopic (exact) mass is 1470 g/mol. The standard InChI is InChI=1S/C79H102FN15O10S/c1-48(96)71-78(104)90-64(39-51-30-32-55(80)33-31-51)69(97)29-11-5-10-25-61(84-36-37-106(105)47-52-38-58-57-23-16-27-60-70(57)54(45-87-60)43-68(58)95(2)46-52)72(98)88-63(28-17-35-85-79(82)83)73(99)91-65(40-49-18-6-3-7-19-49)75(101)92-66(41-50-20-8-4-9-21-50)76(102)93-67(42-53-44-86-59-24-13-12-22-56(53)59)77(103)89-62(74(100)94-71)26-14-15-34-81/h3-4,6-9,12-13,16,18-24,27,30-33,44-45,48,52,58,61-68,71,84,86-87,96H,5,10-11,14-15,17,25-26,28-29,34-43,46-47,81H2,1-2H3,(H,88,98)(H,89,103)(H,90,104)(H,91,99)(H,92,101)(H,93,102)(H,94,100)(H4,82,83,85)/t48-,52-,58-,61-,62+,63+,64+,65+,66+,67-,68-,71+,106?/m1/s1. The number of amides is 7. The first-order chi connectivity index (χ1) is 51.2. The third-order valence-corrected chi connectivity index (χ3v) is 22.0. The van der Waals surface area contributed by atoms with E-state index in [0.29, 0.717) is 59.7 Å². The molecule has 7 amide bonds. The van der Waals surface area contributed by atoms with Crippen LogP contribution in [-0.4, -0.2) is 182 Å². The number of benzene rings is 5. The molecule has 5 aromatic carbocycles. The second kappa shape index (κ2) is 38.6. The number of carbonyl (C=O) groups is 8. The van der Waals surface area contributed by atoms with Gasteiger partial charge in [0.05, 0.1) is 18.2 Å². The molecule has 25 nitrogen and oxygen atoms in total. The predicted octanol–water partition coefficient (Wildman–Crippen LogP) is 3.92. The number of carbonyl (C=O) groups excluding carboxylic acids is 8. The summed E-state index contributed by atoms with van der Waals surface area (Å²) in [5.41, 5.74) is 24.2. The molecule has 7 aromatic rings. The van der Waals surface area contributed by atoms with E-state index in [1.54, 1.807) is 66.9 Å². The summed E-state index contributed by atoms with van der Waals surface area (Å²) in [6.45, 7) is 2.54. The van der Waals surface area contributed by atoms with E-state index in [1.807, 2.05) is 24.3 Å². The zero-order valence-electron chi connectivity index (χ0n) is 60.3. The van der Waals surface area contributed by atoms with Gasteiger partial charge in [-0.3, -0.25) is 47.6 Å². The molecule has 2 aromatic heterocycles. The van der Waals surface area contributed by atoms with Crippen LogP contribution in [0.4, 0.5) is 4.39 Å². The highest BCUT2D eigenvalue weighted by Crippen LogP contribution is 2.44. The number of ketones is 1. The zero-order valence-corrected chi connectivity index (χ0v) is 61.1. The lowest BCUT2D eigenvalue weighted by atomic mass is 9.73. The maximum atomic E-state index is 15.4. The van der Waals surface area contributed by atoms with Crippen LogP contribution in [0.25, 0.3) is 21.8 Å².